The number of carbonyl (C=O) groups is 1. The second-order valence-electron chi connectivity index (χ2n) is 7.49. The predicted octanol–water partition coefficient (Wildman–Crippen LogP) is 1.06. The summed E-state index contributed by atoms with van der Waals surface area (Å²) in [5, 5.41) is 8.90. The summed E-state index contributed by atoms with van der Waals surface area (Å²) in [6, 6.07) is 11.0. The lowest BCUT2D eigenvalue weighted by molar-refractivity contribution is 0.0746. The van der Waals surface area contributed by atoms with Gasteiger partial charge < -0.3 is 19.6 Å². The average Bonchev–Trinajstić information content (AvgIpc) is 2.79. The van der Waals surface area contributed by atoms with Crippen LogP contribution in [0.5, 0.6) is 0 Å². The average molecular weight is 391 g/mol. The molecule has 1 aromatic heterocycles. The molecule has 0 atom stereocenters. The van der Waals surface area contributed by atoms with Crippen molar-refractivity contribution in [1.29, 1.82) is 5.26 Å². The molecule has 0 saturated carbocycles. The summed E-state index contributed by atoms with van der Waals surface area (Å²) in [6.07, 6.45) is 1.64. The topological polar surface area (TPSA) is 79.6 Å². The molecule has 150 valence electrons. The minimum atomic E-state index is 0.00922. The van der Waals surface area contributed by atoms with Crippen molar-refractivity contribution in [3.8, 4) is 6.07 Å². The summed E-state index contributed by atoms with van der Waals surface area (Å²) in [7, 11) is 2.14. The summed E-state index contributed by atoms with van der Waals surface area (Å²) in [6.45, 7) is 6.78. The number of carbonyl (C=O) groups excluding carboxylic acids is 1. The maximum Gasteiger partial charge on any atom is 0.253 e. The largest absolute Gasteiger partial charge is 0.354 e. The molecule has 29 heavy (non-hydrogen) atoms. The summed E-state index contributed by atoms with van der Waals surface area (Å²) in [5.74, 6) is 1.90. The van der Waals surface area contributed by atoms with Crippen molar-refractivity contribution in [3.63, 3.8) is 0 Å². The lowest BCUT2D eigenvalue weighted by Gasteiger charge is -2.36. The van der Waals surface area contributed by atoms with Crippen LogP contribution < -0.4 is 9.80 Å². The summed E-state index contributed by atoms with van der Waals surface area (Å²) in [4.78, 5) is 30.3. The highest BCUT2D eigenvalue weighted by Gasteiger charge is 2.24. The zero-order valence-electron chi connectivity index (χ0n) is 16.7. The SMILES string of the molecule is CN1CCN(c2cc(N3CCN(C(=O)c4ccc(C#N)cc4)CC3)ncn2)CC1. The Kier molecular flexibility index (Phi) is 5.58. The third-order valence-corrected chi connectivity index (χ3v) is 5.62. The highest BCUT2D eigenvalue weighted by molar-refractivity contribution is 5.94. The molecule has 2 aliphatic rings. The molecule has 0 aliphatic carbocycles. The quantitative estimate of drug-likeness (QED) is 0.774. The zero-order chi connectivity index (χ0) is 20.2. The van der Waals surface area contributed by atoms with Crippen molar-refractivity contribution in [2.45, 2.75) is 0 Å². The van der Waals surface area contributed by atoms with Crippen molar-refractivity contribution in [3.05, 3.63) is 47.8 Å². The van der Waals surface area contributed by atoms with Crippen LogP contribution in [-0.4, -0.2) is 85.1 Å². The Morgan fingerprint density at radius 1 is 0.897 bits per heavy atom. The smallest absolute Gasteiger partial charge is 0.253 e. The molecule has 2 aromatic rings. The van der Waals surface area contributed by atoms with Crippen molar-refractivity contribution in [2.75, 3.05) is 69.2 Å². The maximum absolute atomic E-state index is 12.7. The summed E-state index contributed by atoms with van der Waals surface area (Å²) in [5.41, 5.74) is 1.18. The van der Waals surface area contributed by atoms with E-state index in [-0.39, 0.29) is 5.91 Å². The van der Waals surface area contributed by atoms with Crippen molar-refractivity contribution < 1.29 is 4.79 Å². The zero-order valence-corrected chi connectivity index (χ0v) is 16.7. The van der Waals surface area contributed by atoms with Gasteiger partial charge in [0.2, 0.25) is 0 Å². The number of hydrogen-bond acceptors (Lipinski definition) is 7. The summed E-state index contributed by atoms with van der Waals surface area (Å²) >= 11 is 0. The molecular formula is C21H25N7O. The van der Waals surface area contributed by atoms with Crippen LogP contribution in [0.3, 0.4) is 0 Å². The molecule has 2 aliphatic heterocycles. The van der Waals surface area contributed by atoms with Crippen LogP contribution >= 0.6 is 0 Å². The van der Waals surface area contributed by atoms with Crippen LogP contribution in [0.4, 0.5) is 11.6 Å². The number of nitrogens with zero attached hydrogens (tertiary/aromatic N) is 7. The first-order valence-corrected chi connectivity index (χ1v) is 9.94. The Morgan fingerprint density at radius 2 is 1.45 bits per heavy atom. The minimum absolute atomic E-state index is 0.00922. The standard InChI is InChI=1S/C21H25N7O/c1-25-6-8-26(9-7-25)19-14-20(24-16-23-19)27-10-12-28(13-11-27)21(29)18-4-2-17(15-22)3-5-18/h2-5,14,16H,6-13H2,1H3. The normalized spacial score (nSPS) is 17.9. The minimum Gasteiger partial charge on any atom is -0.354 e. The first-order valence-electron chi connectivity index (χ1n) is 9.94. The number of rotatable bonds is 3. The van der Waals surface area contributed by atoms with Gasteiger partial charge in [0.05, 0.1) is 11.6 Å². The van der Waals surface area contributed by atoms with E-state index in [9.17, 15) is 4.79 Å². The van der Waals surface area contributed by atoms with Gasteiger partial charge in [-0.15, -0.1) is 0 Å². The Labute approximate surface area is 171 Å². The Hall–Kier alpha value is -3.18. The van der Waals surface area contributed by atoms with E-state index >= 15 is 0 Å². The predicted molar refractivity (Wildman–Crippen MR) is 111 cm³/mol. The van der Waals surface area contributed by atoms with Crippen LogP contribution in [0.15, 0.2) is 36.7 Å². The first-order chi connectivity index (χ1) is 14.1. The van der Waals surface area contributed by atoms with Gasteiger partial charge in [0, 0.05) is 64.0 Å². The number of likely N-dealkylation sites (N-methyl/N-ethyl adjacent to an activating group) is 1. The van der Waals surface area contributed by atoms with E-state index in [0.29, 0.717) is 24.2 Å². The fourth-order valence-corrected chi connectivity index (χ4v) is 3.73. The Bertz CT molecular complexity index is 892. The number of aromatic nitrogens is 2. The first kappa shape index (κ1) is 19.2. The highest BCUT2D eigenvalue weighted by atomic mass is 16.2. The second-order valence-corrected chi connectivity index (χ2v) is 7.49. The number of benzene rings is 1. The van der Waals surface area contributed by atoms with Gasteiger partial charge in [-0.25, -0.2) is 9.97 Å². The van der Waals surface area contributed by atoms with Gasteiger partial charge in [0.15, 0.2) is 0 Å². The molecule has 0 bridgehead atoms. The van der Waals surface area contributed by atoms with Gasteiger partial charge in [-0.05, 0) is 31.3 Å². The van der Waals surface area contributed by atoms with Gasteiger partial charge in [-0.3, -0.25) is 4.79 Å². The van der Waals surface area contributed by atoms with Crippen molar-refractivity contribution >= 4 is 17.5 Å². The van der Waals surface area contributed by atoms with Crippen LogP contribution in [0.2, 0.25) is 0 Å². The lowest BCUT2D eigenvalue weighted by atomic mass is 10.1. The molecule has 1 amide bonds. The van der Waals surface area contributed by atoms with Gasteiger partial charge in [-0.1, -0.05) is 0 Å². The Balaban J connectivity index is 1.37. The molecule has 1 aromatic carbocycles. The number of piperazine rings is 2. The van der Waals surface area contributed by atoms with Crippen LogP contribution in [-0.2, 0) is 0 Å². The third-order valence-electron chi connectivity index (χ3n) is 5.62. The van der Waals surface area contributed by atoms with Crippen molar-refractivity contribution in [1.82, 2.24) is 19.8 Å². The van der Waals surface area contributed by atoms with E-state index < -0.39 is 0 Å². The molecule has 2 fully saturated rings. The van der Waals surface area contributed by atoms with E-state index in [2.05, 4.69) is 43.9 Å². The molecule has 8 nitrogen and oxygen atoms in total. The monoisotopic (exact) mass is 391 g/mol. The van der Waals surface area contributed by atoms with Crippen LogP contribution in [0, 0.1) is 11.3 Å². The van der Waals surface area contributed by atoms with E-state index in [1.807, 2.05) is 4.90 Å². The fraction of sp³-hybridized carbons (Fsp3) is 0.429. The van der Waals surface area contributed by atoms with Crippen molar-refractivity contribution in [2.24, 2.45) is 0 Å². The molecule has 0 radical (unpaired) electrons. The molecule has 0 spiro atoms. The molecule has 8 heteroatoms. The third kappa shape index (κ3) is 4.30. The maximum atomic E-state index is 12.7. The lowest BCUT2D eigenvalue weighted by Crippen LogP contribution is -2.49. The van der Waals surface area contributed by atoms with E-state index in [1.54, 1.807) is 30.6 Å². The van der Waals surface area contributed by atoms with E-state index in [0.717, 1.165) is 50.9 Å². The number of anilines is 2. The van der Waals surface area contributed by atoms with Gasteiger partial charge in [-0.2, -0.15) is 5.26 Å². The highest BCUT2D eigenvalue weighted by Crippen LogP contribution is 2.20. The number of hydrogen-bond donors (Lipinski definition) is 0. The van der Waals surface area contributed by atoms with Crippen LogP contribution in [0.1, 0.15) is 15.9 Å². The van der Waals surface area contributed by atoms with Gasteiger partial charge in [0.1, 0.15) is 18.0 Å². The molecular weight excluding hydrogens is 366 g/mol. The molecule has 2 saturated heterocycles. The van der Waals surface area contributed by atoms with Crippen LogP contribution in [0.25, 0.3) is 0 Å². The summed E-state index contributed by atoms with van der Waals surface area (Å²) < 4.78 is 0. The van der Waals surface area contributed by atoms with E-state index in [1.165, 1.54) is 0 Å². The molecule has 0 N–H and O–H groups in total. The number of amides is 1. The molecule has 4 rings (SSSR count). The fourth-order valence-electron chi connectivity index (χ4n) is 3.73. The Morgan fingerprint density at radius 3 is 2.00 bits per heavy atom. The van der Waals surface area contributed by atoms with Gasteiger partial charge >= 0.3 is 0 Å². The second kappa shape index (κ2) is 8.45. The molecule has 0 unspecified atom stereocenters. The molecule has 3 heterocycles. The van der Waals surface area contributed by atoms with Gasteiger partial charge in [0.25, 0.3) is 5.91 Å². The number of nitriles is 1. The van der Waals surface area contributed by atoms with E-state index in [4.69, 9.17) is 5.26 Å².